The molecule has 0 saturated heterocycles. The van der Waals surface area contributed by atoms with E-state index in [2.05, 4.69) is 0 Å². The van der Waals surface area contributed by atoms with Gasteiger partial charge in [0.1, 0.15) is 24.0 Å². The maximum absolute atomic E-state index is 14.6. The number of carbonyl (C=O) groups is 1. The van der Waals surface area contributed by atoms with Crippen molar-refractivity contribution in [3.05, 3.63) is 100 Å². The lowest BCUT2D eigenvalue weighted by atomic mass is 10.1. The molecule has 1 aliphatic rings. The predicted octanol–water partition coefficient (Wildman–Crippen LogP) is 4.76. The first-order valence-electron chi connectivity index (χ1n) is 10.1. The number of amides is 1. The van der Waals surface area contributed by atoms with Gasteiger partial charge in [-0.3, -0.25) is 9.69 Å². The molecule has 31 heavy (non-hydrogen) atoms. The SMILES string of the molecule is CN(C)C(=O)c1ccc(COc2cc(F)c(CN3Cc4ccccc4C3)c(F)c2)cc1. The van der Waals surface area contributed by atoms with Gasteiger partial charge in [0, 0.05) is 57.0 Å². The molecule has 1 aliphatic heterocycles. The summed E-state index contributed by atoms with van der Waals surface area (Å²) in [5, 5.41) is 0. The van der Waals surface area contributed by atoms with E-state index in [1.165, 1.54) is 28.2 Å². The Kier molecular flexibility index (Phi) is 6.00. The van der Waals surface area contributed by atoms with Crippen LogP contribution >= 0.6 is 0 Å². The number of carbonyl (C=O) groups excluding carboxylic acids is 1. The number of benzene rings is 3. The van der Waals surface area contributed by atoms with E-state index in [4.69, 9.17) is 4.74 Å². The highest BCUT2D eigenvalue weighted by atomic mass is 19.1. The molecule has 3 aromatic rings. The predicted molar refractivity (Wildman–Crippen MR) is 115 cm³/mol. The Morgan fingerprint density at radius 3 is 2.10 bits per heavy atom. The van der Waals surface area contributed by atoms with E-state index in [0.717, 1.165) is 5.56 Å². The summed E-state index contributed by atoms with van der Waals surface area (Å²) in [6.45, 7) is 1.71. The van der Waals surface area contributed by atoms with Gasteiger partial charge >= 0.3 is 0 Å². The van der Waals surface area contributed by atoms with E-state index in [-0.39, 0.29) is 30.4 Å². The Bertz CT molecular complexity index is 1050. The molecule has 0 fully saturated rings. The van der Waals surface area contributed by atoms with Crippen LogP contribution in [0.25, 0.3) is 0 Å². The van der Waals surface area contributed by atoms with E-state index in [0.29, 0.717) is 18.7 Å². The van der Waals surface area contributed by atoms with Gasteiger partial charge in [0.25, 0.3) is 5.91 Å². The van der Waals surface area contributed by atoms with Crippen molar-refractivity contribution >= 4 is 5.91 Å². The lowest BCUT2D eigenvalue weighted by Gasteiger charge is -2.17. The zero-order valence-electron chi connectivity index (χ0n) is 17.6. The summed E-state index contributed by atoms with van der Waals surface area (Å²) < 4.78 is 34.9. The average molecular weight is 422 g/mol. The van der Waals surface area contributed by atoms with Crippen molar-refractivity contribution in [2.75, 3.05) is 14.1 Å². The summed E-state index contributed by atoms with van der Waals surface area (Å²) in [5.74, 6) is -1.18. The highest BCUT2D eigenvalue weighted by Gasteiger charge is 2.22. The van der Waals surface area contributed by atoms with Crippen LogP contribution in [-0.2, 0) is 26.2 Å². The third-order valence-corrected chi connectivity index (χ3v) is 5.42. The molecule has 4 nitrogen and oxygen atoms in total. The molecule has 0 N–H and O–H groups in total. The standard InChI is InChI=1S/C25H24F2N2O2/c1-28(2)25(30)18-9-7-17(8-10-18)16-31-21-11-23(26)22(24(27)12-21)15-29-13-19-5-3-4-6-20(19)14-29/h3-12H,13-16H2,1-2H3. The maximum Gasteiger partial charge on any atom is 0.253 e. The van der Waals surface area contributed by atoms with E-state index >= 15 is 0 Å². The molecule has 4 rings (SSSR count). The van der Waals surface area contributed by atoms with Crippen LogP contribution in [-0.4, -0.2) is 29.8 Å². The lowest BCUT2D eigenvalue weighted by Crippen LogP contribution is -2.21. The number of hydrogen-bond donors (Lipinski definition) is 0. The number of halogens is 2. The fourth-order valence-corrected chi connectivity index (χ4v) is 3.72. The van der Waals surface area contributed by atoms with Crippen LogP contribution in [0, 0.1) is 11.6 Å². The molecule has 3 aromatic carbocycles. The first kappa shape index (κ1) is 21.0. The van der Waals surface area contributed by atoms with Crippen LogP contribution in [0.2, 0.25) is 0 Å². The van der Waals surface area contributed by atoms with Gasteiger partial charge < -0.3 is 9.64 Å². The van der Waals surface area contributed by atoms with E-state index in [9.17, 15) is 13.6 Å². The Morgan fingerprint density at radius 2 is 1.55 bits per heavy atom. The van der Waals surface area contributed by atoms with Crippen LogP contribution < -0.4 is 4.74 Å². The summed E-state index contributed by atoms with van der Waals surface area (Å²) in [7, 11) is 3.38. The topological polar surface area (TPSA) is 32.8 Å². The maximum atomic E-state index is 14.6. The summed E-state index contributed by atoms with van der Waals surface area (Å²) in [6.07, 6.45) is 0. The largest absolute Gasteiger partial charge is 0.489 e. The molecule has 6 heteroatoms. The van der Waals surface area contributed by atoms with Gasteiger partial charge in [-0.1, -0.05) is 36.4 Å². The van der Waals surface area contributed by atoms with Crippen molar-refractivity contribution in [2.45, 2.75) is 26.2 Å². The Balaban J connectivity index is 1.39. The van der Waals surface area contributed by atoms with E-state index in [1.807, 2.05) is 29.2 Å². The molecule has 0 atom stereocenters. The quantitative estimate of drug-likeness (QED) is 0.574. The van der Waals surface area contributed by atoms with Gasteiger partial charge in [-0.25, -0.2) is 8.78 Å². The van der Waals surface area contributed by atoms with Crippen molar-refractivity contribution < 1.29 is 18.3 Å². The number of hydrogen-bond acceptors (Lipinski definition) is 3. The highest BCUT2D eigenvalue weighted by molar-refractivity contribution is 5.93. The summed E-state index contributed by atoms with van der Waals surface area (Å²) in [4.78, 5) is 15.5. The number of nitrogens with zero attached hydrogens (tertiary/aromatic N) is 2. The zero-order chi connectivity index (χ0) is 22.0. The third-order valence-electron chi connectivity index (χ3n) is 5.42. The number of rotatable bonds is 6. The van der Waals surface area contributed by atoms with Gasteiger partial charge in [0.05, 0.1) is 0 Å². The second kappa shape index (κ2) is 8.86. The summed E-state index contributed by atoms with van der Waals surface area (Å²) >= 11 is 0. The van der Waals surface area contributed by atoms with Crippen molar-refractivity contribution in [3.8, 4) is 5.75 Å². The van der Waals surface area contributed by atoms with Crippen molar-refractivity contribution in [3.63, 3.8) is 0 Å². The molecule has 0 aliphatic carbocycles. The molecule has 0 saturated carbocycles. The van der Waals surface area contributed by atoms with Gasteiger partial charge in [-0.2, -0.15) is 0 Å². The fourth-order valence-electron chi connectivity index (χ4n) is 3.72. The molecule has 160 valence electrons. The Labute approximate surface area is 180 Å². The fraction of sp³-hybridized carbons (Fsp3) is 0.240. The van der Waals surface area contributed by atoms with Gasteiger partial charge in [-0.05, 0) is 28.8 Å². The smallest absolute Gasteiger partial charge is 0.253 e. The second-order valence-electron chi connectivity index (χ2n) is 7.96. The van der Waals surface area contributed by atoms with Crippen LogP contribution in [0.5, 0.6) is 5.75 Å². The van der Waals surface area contributed by atoms with Gasteiger partial charge in [0.15, 0.2) is 0 Å². The molecule has 1 amide bonds. The molecule has 0 bridgehead atoms. The molecule has 0 unspecified atom stereocenters. The van der Waals surface area contributed by atoms with E-state index < -0.39 is 11.6 Å². The second-order valence-corrected chi connectivity index (χ2v) is 7.96. The minimum absolute atomic E-state index is 0.0479. The average Bonchev–Trinajstić information content (AvgIpc) is 3.17. The minimum Gasteiger partial charge on any atom is -0.489 e. The molecule has 0 aromatic heterocycles. The molecular formula is C25H24F2N2O2. The normalized spacial score (nSPS) is 13.2. The van der Waals surface area contributed by atoms with Crippen LogP contribution in [0.1, 0.15) is 32.6 Å². The lowest BCUT2D eigenvalue weighted by molar-refractivity contribution is 0.0827. The first-order chi connectivity index (χ1) is 14.9. The summed E-state index contributed by atoms with van der Waals surface area (Å²) in [6, 6.07) is 17.4. The Morgan fingerprint density at radius 1 is 0.968 bits per heavy atom. The molecule has 0 radical (unpaired) electrons. The van der Waals surface area contributed by atoms with Crippen molar-refractivity contribution in [1.82, 2.24) is 9.80 Å². The Hall–Kier alpha value is -3.25. The van der Waals surface area contributed by atoms with Crippen LogP contribution in [0.3, 0.4) is 0 Å². The summed E-state index contributed by atoms with van der Waals surface area (Å²) in [5.41, 5.74) is 3.81. The van der Waals surface area contributed by atoms with Gasteiger partial charge in [0.2, 0.25) is 0 Å². The molecular weight excluding hydrogens is 398 g/mol. The van der Waals surface area contributed by atoms with Crippen LogP contribution in [0.4, 0.5) is 8.78 Å². The van der Waals surface area contributed by atoms with Crippen molar-refractivity contribution in [1.29, 1.82) is 0 Å². The van der Waals surface area contributed by atoms with Crippen LogP contribution in [0.15, 0.2) is 60.7 Å². The first-order valence-corrected chi connectivity index (χ1v) is 10.1. The third kappa shape index (κ3) is 4.75. The van der Waals surface area contributed by atoms with Crippen molar-refractivity contribution in [2.24, 2.45) is 0 Å². The number of fused-ring (bicyclic) bond motifs is 1. The zero-order valence-corrected chi connectivity index (χ0v) is 17.6. The van der Waals surface area contributed by atoms with Gasteiger partial charge in [-0.15, -0.1) is 0 Å². The molecule has 1 heterocycles. The van der Waals surface area contributed by atoms with E-state index in [1.54, 1.807) is 38.4 Å². The monoisotopic (exact) mass is 422 g/mol. The number of ether oxygens (including phenoxy) is 1. The molecule has 0 spiro atoms. The highest BCUT2D eigenvalue weighted by Crippen LogP contribution is 2.27. The minimum atomic E-state index is -0.613.